The van der Waals surface area contributed by atoms with Crippen LogP contribution in [0.15, 0.2) is 24.3 Å². The SMILES string of the molecule is CC1(C)C2CC3OB(c4ccc(I)cc4)OC3(C)C1C2. The van der Waals surface area contributed by atoms with Crippen LogP contribution in [0.25, 0.3) is 0 Å². The van der Waals surface area contributed by atoms with Crippen molar-refractivity contribution >= 4 is 35.2 Å². The van der Waals surface area contributed by atoms with Crippen molar-refractivity contribution in [3.8, 4) is 0 Å². The highest BCUT2D eigenvalue weighted by atomic mass is 127. The summed E-state index contributed by atoms with van der Waals surface area (Å²) in [6, 6.07) is 8.50. The molecule has 0 amide bonds. The molecule has 4 aliphatic rings. The van der Waals surface area contributed by atoms with E-state index < -0.39 is 0 Å². The lowest BCUT2D eigenvalue weighted by Crippen LogP contribution is -2.65. The van der Waals surface area contributed by atoms with Gasteiger partial charge in [-0.05, 0) is 77.2 Å². The quantitative estimate of drug-likeness (QED) is 0.549. The van der Waals surface area contributed by atoms with Crippen molar-refractivity contribution < 1.29 is 9.31 Å². The summed E-state index contributed by atoms with van der Waals surface area (Å²) in [5, 5.41) is 0. The van der Waals surface area contributed by atoms with E-state index in [0.29, 0.717) is 11.3 Å². The van der Waals surface area contributed by atoms with Crippen LogP contribution >= 0.6 is 22.6 Å². The minimum Gasteiger partial charge on any atom is -0.402 e. The van der Waals surface area contributed by atoms with Crippen molar-refractivity contribution in [1.29, 1.82) is 0 Å². The largest absolute Gasteiger partial charge is 0.494 e. The van der Waals surface area contributed by atoms with E-state index in [-0.39, 0.29) is 18.8 Å². The maximum atomic E-state index is 6.44. The summed E-state index contributed by atoms with van der Waals surface area (Å²) in [7, 11) is -0.183. The van der Waals surface area contributed by atoms with Crippen LogP contribution in [0.4, 0.5) is 0 Å². The maximum Gasteiger partial charge on any atom is 0.494 e. The fourth-order valence-electron chi connectivity index (χ4n) is 4.63. The summed E-state index contributed by atoms with van der Waals surface area (Å²) >= 11 is 2.33. The molecule has 0 spiro atoms. The van der Waals surface area contributed by atoms with Crippen LogP contribution in [0.2, 0.25) is 0 Å². The van der Waals surface area contributed by atoms with Crippen molar-refractivity contribution in [2.75, 3.05) is 0 Å². The number of rotatable bonds is 1. The van der Waals surface area contributed by atoms with Crippen LogP contribution in [0.1, 0.15) is 33.6 Å². The summed E-state index contributed by atoms with van der Waals surface area (Å²) < 4.78 is 14.0. The molecule has 1 aromatic rings. The van der Waals surface area contributed by atoms with Gasteiger partial charge in [0.15, 0.2) is 0 Å². The molecule has 3 aliphatic carbocycles. The second-order valence-corrected chi connectivity index (χ2v) is 8.60. The van der Waals surface area contributed by atoms with Gasteiger partial charge in [0, 0.05) is 3.57 Å². The molecule has 0 N–H and O–H groups in total. The Balaban J connectivity index is 1.62. The van der Waals surface area contributed by atoms with Gasteiger partial charge in [-0.1, -0.05) is 26.0 Å². The molecule has 4 heteroatoms. The average molecular weight is 382 g/mol. The van der Waals surface area contributed by atoms with Gasteiger partial charge >= 0.3 is 7.12 Å². The molecule has 4 atom stereocenters. The molecule has 0 radical (unpaired) electrons. The zero-order valence-electron chi connectivity index (χ0n) is 12.2. The van der Waals surface area contributed by atoms with E-state index in [0.717, 1.165) is 17.8 Å². The normalized spacial score (nSPS) is 41.2. The van der Waals surface area contributed by atoms with Gasteiger partial charge in [-0.2, -0.15) is 0 Å². The minimum absolute atomic E-state index is 0.105. The first-order valence-electron chi connectivity index (χ1n) is 7.50. The molecular weight excluding hydrogens is 362 g/mol. The Morgan fingerprint density at radius 2 is 1.85 bits per heavy atom. The number of hydrogen-bond donors (Lipinski definition) is 0. The third-order valence-electron chi connectivity index (χ3n) is 6.09. The summed E-state index contributed by atoms with van der Waals surface area (Å²) in [5.41, 5.74) is 1.46. The van der Waals surface area contributed by atoms with Crippen molar-refractivity contribution in [1.82, 2.24) is 0 Å². The summed E-state index contributed by atoms with van der Waals surface area (Å²) in [6.07, 6.45) is 2.73. The number of halogens is 1. The molecule has 2 bridgehead atoms. The van der Waals surface area contributed by atoms with E-state index in [2.05, 4.69) is 67.6 Å². The highest BCUT2D eigenvalue weighted by molar-refractivity contribution is 14.1. The lowest BCUT2D eigenvalue weighted by molar-refractivity contribution is -0.199. The highest BCUT2D eigenvalue weighted by Crippen LogP contribution is 2.65. The Kier molecular flexibility index (Phi) is 2.88. The number of benzene rings is 1. The van der Waals surface area contributed by atoms with E-state index in [1.54, 1.807) is 0 Å². The summed E-state index contributed by atoms with van der Waals surface area (Å²) in [4.78, 5) is 0. The van der Waals surface area contributed by atoms with Gasteiger partial charge < -0.3 is 9.31 Å². The molecule has 2 nitrogen and oxygen atoms in total. The lowest BCUT2D eigenvalue weighted by atomic mass is 9.43. The predicted octanol–water partition coefficient (Wildman–Crippen LogP) is 3.23. The Morgan fingerprint density at radius 1 is 1.15 bits per heavy atom. The van der Waals surface area contributed by atoms with Crippen molar-refractivity contribution in [2.45, 2.75) is 45.3 Å². The molecule has 1 saturated heterocycles. The van der Waals surface area contributed by atoms with Gasteiger partial charge in [-0.15, -0.1) is 0 Å². The predicted molar refractivity (Wildman–Crippen MR) is 88.9 cm³/mol. The van der Waals surface area contributed by atoms with Crippen LogP contribution in [-0.2, 0) is 9.31 Å². The van der Waals surface area contributed by atoms with Gasteiger partial charge in [0.25, 0.3) is 0 Å². The minimum atomic E-state index is -0.183. The van der Waals surface area contributed by atoms with Crippen LogP contribution in [0.5, 0.6) is 0 Å². The number of hydrogen-bond acceptors (Lipinski definition) is 2. The van der Waals surface area contributed by atoms with Crippen LogP contribution in [0.3, 0.4) is 0 Å². The van der Waals surface area contributed by atoms with E-state index in [1.165, 1.54) is 9.99 Å². The van der Waals surface area contributed by atoms with E-state index in [1.807, 2.05) is 0 Å². The molecule has 4 unspecified atom stereocenters. The Labute approximate surface area is 134 Å². The van der Waals surface area contributed by atoms with Crippen LogP contribution in [0, 0.1) is 20.8 Å². The van der Waals surface area contributed by atoms with Gasteiger partial charge in [0.05, 0.1) is 11.7 Å². The molecule has 1 heterocycles. The fourth-order valence-corrected chi connectivity index (χ4v) is 4.99. The molecule has 3 saturated carbocycles. The maximum absolute atomic E-state index is 6.44. The van der Waals surface area contributed by atoms with Crippen molar-refractivity contribution in [3.05, 3.63) is 27.8 Å². The second-order valence-electron chi connectivity index (χ2n) is 7.35. The van der Waals surface area contributed by atoms with Crippen LogP contribution < -0.4 is 5.46 Å². The summed E-state index contributed by atoms with van der Waals surface area (Å²) in [5.74, 6) is 1.44. The Bertz CT molecular complexity index is 544. The molecule has 0 aromatic heterocycles. The molecular formula is C16H20BIO2. The standard InChI is InChI=1S/C16H20BIO2/c1-15(2)10-8-13(15)16(3)14(9-10)19-17(20-16)11-4-6-12(18)7-5-11/h4-7,10,13-14H,8-9H2,1-3H3. The molecule has 20 heavy (non-hydrogen) atoms. The smallest absolute Gasteiger partial charge is 0.402 e. The first-order chi connectivity index (χ1) is 9.41. The monoisotopic (exact) mass is 382 g/mol. The Hall–Kier alpha value is -0.0651. The third kappa shape index (κ3) is 1.70. The van der Waals surface area contributed by atoms with E-state index >= 15 is 0 Å². The molecule has 1 aliphatic heterocycles. The summed E-state index contributed by atoms with van der Waals surface area (Å²) in [6.45, 7) is 7.07. The van der Waals surface area contributed by atoms with Gasteiger partial charge in [0.1, 0.15) is 0 Å². The fraction of sp³-hybridized carbons (Fsp3) is 0.625. The molecule has 4 fully saturated rings. The molecule has 5 rings (SSSR count). The Morgan fingerprint density at radius 3 is 2.50 bits per heavy atom. The van der Waals surface area contributed by atoms with E-state index in [9.17, 15) is 0 Å². The zero-order valence-corrected chi connectivity index (χ0v) is 14.4. The lowest BCUT2D eigenvalue weighted by Gasteiger charge is -2.64. The molecule has 106 valence electrons. The third-order valence-corrected chi connectivity index (χ3v) is 6.81. The topological polar surface area (TPSA) is 18.5 Å². The van der Waals surface area contributed by atoms with Gasteiger partial charge in [0.2, 0.25) is 0 Å². The van der Waals surface area contributed by atoms with Gasteiger partial charge in [-0.25, -0.2) is 0 Å². The van der Waals surface area contributed by atoms with Crippen molar-refractivity contribution in [3.63, 3.8) is 0 Å². The van der Waals surface area contributed by atoms with Crippen LogP contribution in [-0.4, -0.2) is 18.8 Å². The van der Waals surface area contributed by atoms with Crippen molar-refractivity contribution in [2.24, 2.45) is 17.3 Å². The first-order valence-corrected chi connectivity index (χ1v) is 8.58. The molecule has 1 aromatic carbocycles. The van der Waals surface area contributed by atoms with E-state index in [4.69, 9.17) is 9.31 Å². The zero-order chi connectivity index (χ0) is 14.1. The first kappa shape index (κ1) is 13.6. The van der Waals surface area contributed by atoms with Gasteiger partial charge in [-0.3, -0.25) is 0 Å². The second kappa shape index (κ2) is 4.23. The highest BCUT2D eigenvalue weighted by Gasteiger charge is 2.67. The average Bonchev–Trinajstić information content (AvgIpc) is 2.76.